The number of benzene rings is 2. The molecule has 0 atom stereocenters. The van der Waals surface area contributed by atoms with Crippen molar-refractivity contribution >= 4 is 45.0 Å². The summed E-state index contributed by atoms with van der Waals surface area (Å²) in [7, 11) is -2.24. The van der Waals surface area contributed by atoms with E-state index in [4.69, 9.17) is 9.47 Å². The minimum Gasteiger partial charge on any atom is -0.452 e. The molecule has 1 aromatic heterocycles. The largest absolute Gasteiger partial charge is 0.452 e. The van der Waals surface area contributed by atoms with Gasteiger partial charge in [0.05, 0.1) is 34.3 Å². The average molecular weight is 577 g/mol. The van der Waals surface area contributed by atoms with E-state index in [-0.39, 0.29) is 53.0 Å². The predicted molar refractivity (Wildman–Crippen MR) is 138 cm³/mol. The Morgan fingerprint density at radius 3 is 2.62 bits per heavy atom. The van der Waals surface area contributed by atoms with E-state index in [1.165, 1.54) is 34.9 Å². The molecule has 2 aromatic carbocycles. The van der Waals surface area contributed by atoms with Crippen LogP contribution < -0.4 is 5.32 Å². The standard InChI is InChI=1S/C23H24N6O8S2/c1-15-3-5-17(20(11-15)39(34,35)28-7-9-36-10-8-28)25-21(30)13-37-22(31)16-4-6-19(18(12-16)29(32)33)38-23-26-24-14-27(23)2/h3-6,11-12,14H,7-10,13H2,1-2H3,(H,25,30). The summed E-state index contributed by atoms with van der Waals surface area (Å²) in [5.41, 5.74) is 0.227. The van der Waals surface area contributed by atoms with Crippen LogP contribution >= 0.6 is 11.8 Å². The van der Waals surface area contributed by atoms with Gasteiger partial charge in [0.25, 0.3) is 11.6 Å². The molecule has 0 spiro atoms. The highest BCUT2D eigenvalue weighted by atomic mass is 32.2. The number of hydrogen-bond donors (Lipinski definition) is 1. The van der Waals surface area contributed by atoms with Gasteiger partial charge in [0.15, 0.2) is 11.8 Å². The van der Waals surface area contributed by atoms with Gasteiger partial charge in [-0.05, 0) is 48.5 Å². The molecule has 0 bridgehead atoms. The summed E-state index contributed by atoms with van der Waals surface area (Å²) in [6.07, 6.45) is 1.45. The van der Waals surface area contributed by atoms with Crippen LogP contribution in [0.1, 0.15) is 15.9 Å². The summed E-state index contributed by atoms with van der Waals surface area (Å²) < 4.78 is 39.5. The molecule has 0 aliphatic carbocycles. The molecule has 0 radical (unpaired) electrons. The first kappa shape index (κ1) is 28.2. The van der Waals surface area contributed by atoms with Crippen molar-refractivity contribution in [2.75, 3.05) is 38.2 Å². The van der Waals surface area contributed by atoms with E-state index in [0.29, 0.717) is 10.7 Å². The van der Waals surface area contributed by atoms with Gasteiger partial charge in [0, 0.05) is 26.2 Å². The van der Waals surface area contributed by atoms with E-state index in [0.717, 1.165) is 17.8 Å². The van der Waals surface area contributed by atoms with Gasteiger partial charge in [-0.25, -0.2) is 13.2 Å². The first-order valence-electron chi connectivity index (χ1n) is 11.5. The molecule has 4 rings (SSSR count). The van der Waals surface area contributed by atoms with Crippen LogP contribution in [0.2, 0.25) is 0 Å². The lowest BCUT2D eigenvalue weighted by Crippen LogP contribution is -2.41. The topological polar surface area (TPSA) is 176 Å². The fourth-order valence-corrected chi connectivity index (χ4v) is 6.10. The van der Waals surface area contributed by atoms with Gasteiger partial charge in [-0.2, -0.15) is 4.31 Å². The molecule has 1 aliphatic heterocycles. The maximum Gasteiger partial charge on any atom is 0.338 e. The van der Waals surface area contributed by atoms with Gasteiger partial charge >= 0.3 is 5.97 Å². The molecule has 1 saturated heterocycles. The number of aryl methyl sites for hydroxylation is 2. The number of amides is 1. The Kier molecular flexibility index (Phi) is 8.59. The van der Waals surface area contributed by atoms with Crippen LogP contribution in [-0.4, -0.2) is 77.2 Å². The quantitative estimate of drug-likeness (QED) is 0.224. The number of carbonyl (C=O) groups excluding carboxylic acids is 2. The second kappa shape index (κ2) is 11.9. The zero-order valence-corrected chi connectivity index (χ0v) is 22.5. The Balaban J connectivity index is 1.44. The molecule has 1 fully saturated rings. The number of sulfonamides is 1. The second-order valence-electron chi connectivity index (χ2n) is 8.41. The minimum atomic E-state index is -3.92. The Morgan fingerprint density at radius 2 is 1.95 bits per heavy atom. The number of nitro groups is 1. The van der Waals surface area contributed by atoms with Crippen LogP contribution in [-0.2, 0) is 31.3 Å². The first-order valence-corrected chi connectivity index (χ1v) is 13.8. The number of rotatable bonds is 9. The zero-order chi connectivity index (χ0) is 28.2. The number of morpholine rings is 1. The fraction of sp³-hybridized carbons (Fsp3) is 0.304. The molecule has 3 aromatic rings. The van der Waals surface area contributed by atoms with Gasteiger partial charge in [-0.1, -0.05) is 6.07 Å². The molecule has 0 saturated carbocycles. The van der Waals surface area contributed by atoms with E-state index in [1.54, 1.807) is 24.6 Å². The van der Waals surface area contributed by atoms with Crippen molar-refractivity contribution in [1.82, 2.24) is 19.1 Å². The van der Waals surface area contributed by atoms with Crippen LogP contribution in [0.15, 0.2) is 57.7 Å². The summed E-state index contributed by atoms with van der Waals surface area (Å²) in [6.45, 7) is 1.88. The summed E-state index contributed by atoms with van der Waals surface area (Å²) in [4.78, 5) is 36.3. The van der Waals surface area contributed by atoms with Gasteiger partial charge in [0.2, 0.25) is 10.0 Å². The van der Waals surface area contributed by atoms with E-state index < -0.39 is 33.4 Å². The summed E-state index contributed by atoms with van der Waals surface area (Å²) in [6, 6.07) is 8.30. The Bertz CT molecular complexity index is 1520. The van der Waals surface area contributed by atoms with E-state index in [1.807, 2.05) is 0 Å². The van der Waals surface area contributed by atoms with Crippen molar-refractivity contribution < 1.29 is 32.4 Å². The van der Waals surface area contributed by atoms with Gasteiger partial charge in [0.1, 0.15) is 11.2 Å². The molecular weight excluding hydrogens is 552 g/mol. The van der Waals surface area contributed by atoms with Crippen molar-refractivity contribution in [1.29, 1.82) is 0 Å². The number of carbonyl (C=O) groups is 2. The number of anilines is 1. The smallest absolute Gasteiger partial charge is 0.338 e. The van der Waals surface area contributed by atoms with Crippen LogP contribution in [0.25, 0.3) is 0 Å². The monoisotopic (exact) mass is 576 g/mol. The number of ether oxygens (including phenoxy) is 2. The molecular formula is C23H24N6O8S2. The molecule has 0 unspecified atom stereocenters. The van der Waals surface area contributed by atoms with E-state index in [2.05, 4.69) is 15.5 Å². The SMILES string of the molecule is Cc1ccc(NC(=O)COC(=O)c2ccc(Sc3nncn3C)c([N+](=O)[O-])c2)c(S(=O)(=O)N2CCOCC2)c1. The molecule has 206 valence electrons. The highest BCUT2D eigenvalue weighted by Gasteiger charge is 2.29. The van der Waals surface area contributed by atoms with Crippen LogP contribution in [0.3, 0.4) is 0 Å². The predicted octanol–water partition coefficient (Wildman–Crippen LogP) is 2.00. The lowest BCUT2D eigenvalue weighted by atomic mass is 10.2. The molecule has 1 N–H and O–H groups in total. The van der Waals surface area contributed by atoms with Crippen molar-refractivity contribution in [2.24, 2.45) is 7.05 Å². The molecule has 1 amide bonds. The third-order valence-corrected chi connectivity index (χ3v) is 8.65. The van der Waals surface area contributed by atoms with Gasteiger partial charge in [-0.15, -0.1) is 10.2 Å². The van der Waals surface area contributed by atoms with Crippen LogP contribution in [0, 0.1) is 17.0 Å². The van der Waals surface area contributed by atoms with Crippen molar-refractivity contribution in [3.05, 3.63) is 64.0 Å². The molecule has 1 aliphatic rings. The third-order valence-electron chi connectivity index (χ3n) is 5.60. The summed E-state index contributed by atoms with van der Waals surface area (Å²) >= 11 is 1.00. The zero-order valence-electron chi connectivity index (χ0n) is 20.9. The van der Waals surface area contributed by atoms with Crippen LogP contribution in [0.4, 0.5) is 11.4 Å². The van der Waals surface area contributed by atoms with E-state index in [9.17, 15) is 28.1 Å². The van der Waals surface area contributed by atoms with Crippen LogP contribution in [0.5, 0.6) is 0 Å². The highest BCUT2D eigenvalue weighted by Crippen LogP contribution is 2.34. The maximum absolute atomic E-state index is 13.2. The lowest BCUT2D eigenvalue weighted by Gasteiger charge is -2.27. The van der Waals surface area contributed by atoms with Crippen molar-refractivity contribution in [3.63, 3.8) is 0 Å². The van der Waals surface area contributed by atoms with Crippen molar-refractivity contribution in [2.45, 2.75) is 21.9 Å². The van der Waals surface area contributed by atoms with Gasteiger partial charge in [-0.3, -0.25) is 14.9 Å². The summed E-state index contributed by atoms with van der Waals surface area (Å²) in [5.74, 6) is -1.75. The van der Waals surface area contributed by atoms with Crippen molar-refractivity contribution in [3.8, 4) is 0 Å². The van der Waals surface area contributed by atoms with E-state index >= 15 is 0 Å². The Morgan fingerprint density at radius 1 is 1.21 bits per heavy atom. The third kappa shape index (κ3) is 6.59. The minimum absolute atomic E-state index is 0.0360. The Hall–Kier alpha value is -3.86. The highest BCUT2D eigenvalue weighted by molar-refractivity contribution is 7.99. The maximum atomic E-state index is 13.2. The fourth-order valence-electron chi connectivity index (χ4n) is 3.61. The number of nitrogens with one attached hydrogen (secondary N) is 1. The number of aromatic nitrogens is 3. The molecule has 14 nitrogen and oxygen atoms in total. The number of nitro benzene ring substituents is 1. The number of esters is 1. The number of hydrogen-bond acceptors (Lipinski definition) is 11. The number of nitrogens with zero attached hydrogens (tertiary/aromatic N) is 5. The second-order valence-corrected chi connectivity index (χ2v) is 11.3. The molecule has 16 heteroatoms. The average Bonchev–Trinajstić information content (AvgIpc) is 3.32. The first-order chi connectivity index (χ1) is 18.6. The Labute approximate surface area is 227 Å². The lowest BCUT2D eigenvalue weighted by molar-refractivity contribution is -0.387. The molecule has 2 heterocycles. The summed E-state index contributed by atoms with van der Waals surface area (Å²) in [5, 5.41) is 22.1. The normalized spacial score (nSPS) is 14.1. The van der Waals surface area contributed by atoms with Gasteiger partial charge < -0.3 is 19.4 Å². The molecule has 39 heavy (non-hydrogen) atoms.